The second-order valence-corrected chi connectivity index (χ2v) is 13.2. The summed E-state index contributed by atoms with van der Waals surface area (Å²) in [4.78, 5) is 66.2. The van der Waals surface area contributed by atoms with Crippen molar-refractivity contribution in [2.24, 2.45) is 11.8 Å². The SMILES string of the molecule is Cc1cc(F)c(F)c(OCC(=O)[C@H](CC(=O)O)NC(=O)[C@H]2CCN(C(=O)C(=O)Nc3ccccc3C(C)(C)C)C3CCCCC32)c1F. The largest absolute Gasteiger partial charge is 0.481 e. The number of halogens is 3. The van der Waals surface area contributed by atoms with E-state index in [9.17, 15) is 42.3 Å². The van der Waals surface area contributed by atoms with Crippen molar-refractivity contribution < 1.29 is 47.0 Å². The van der Waals surface area contributed by atoms with Gasteiger partial charge in [-0.2, -0.15) is 4.39 Å². The Morgan fingerprint density at radius 1 is 1.02 bits per heavy atom. The molecular weight excluding hydrogens is 619 g/mol. The van der Waals surface area contributed by atoms with E-state index >= 15 is 0 Å². The summed E-state index contributed by atoms with van der Waals surface area (Å²) in [6, 6.07) is 5.84. The molecule has 4 rings (SSSR count). The number of carbonyl (C=O) groups excluding carboxylic acids is 4. The molecule has 2 unspecified atom stereocenters. The summed E-state index contributed by atoms with van der Waals surface area (Å²) < 4.78 is 47.2. The Hall–Kier alpha value is -4.42. The number of likely N-dealkylation sites (tertiary alicyclic amines) is 1. The van der Waals surface area contributed by atoms with Gasteiger partial charge in [0.05, 0.1) is 6.42 Å². The lowest BCUT2D eigenvalue weighted by Crippen LogP contribution is -2.58. The molecule has 0 aromatic heterocycles. The van der Waals surface area contributed by atoms with E-state index < -0.39 is 83.7 Å². The second-order valence-electron chi connectivity index (χ2n) is 13.2. The number of fused-ring (bicyclic) bond motifs is 1. The minimum atomic E-state index is -1.64. The molecule has 0 spiro atoms. The molecule has 1 aliphatic heterocycles. The number of hydrogen-bond donors (Lipinski definition) is 3. The molecule has 2 aromatic rings. The molecule has 4 atom stereocenters. The van der Waals surface area contributed by atoms with Gasteiger partial charge < -0.3 is 25.4 Å². The van der Waals surface area contributed by atoms with E-state index in [0.29, 0.717) is 24.6 Å². The lowest BCUT2D eigenvalue weighted by Gasteiger charge is -2.47. The summed E-state index contributed by atoms with van der Waals surface area (Å²) in [5, 5.41) is 14.6. The van der Waals surface area contributed by atoms with Gasteiger partial charge in [-0.15, -0.1) is 0 Å². The van der Waals surface area contributed by atoms with Gasteiger partial charge in [-0.25, -0.2) is 8.78 Å². The fraction of sp³-hybridized carbons (Fsp3) is 0.500. The minimum absolute atomic E-state index is 0.0879. The van der Waals surface area contributed by atoms with Crippen molar-refractivity contribution in [2.75, 3.05) is 18.5 Å². The van der Waals surface area contributed by atoms with E-state index in [0.717, 1.165) is 18.4 Å². The number of amides is 3. The molecule has 1 heterocycles. The van der Waals surface area contributed by atoms with E-state index in [2.05, 4.69) is 10.6 Å². The first-order valence-electron chi connectivity index (χ1n) is 15.6. The molecule has 1 aliphatic carbocycles. The highest BCUT2D eigenvalue weighted by Gasteiger charge is 2.46. The third-order valence-electron chi connectivity index (χ3n) is 8.90. The number of ketones is 1. The van der Waals surface area contributed by atoms with Crippen LogP contribution in [0.4, 0.5) is 18.9 Å². The first-order valence-corrected chi connectivity index (χ1v) is 15.6. The summed E-state index contributed by atoms with van der Waals surface area (Å²) in [5.41, 5.74) is 0.846. The van der Waals surface area contributed by atoms with Gasteiger partial charge in [0, 0.05) is 24.2 Å². The number of carbonyl (C=O) groups is 5. The number of nitrogens with zero attached hydrogens (tertiary/aromatic N) is 1. The van der Waals surface area contributed by atoms with Gasteiger partial charge in [0.1, 0.15) is 12.6 Å². The predicted molar refractivity (Wildman–Crippen MR) is 165 cm³/mol. The van der Waals surface area contributed by atoms with E-state index in [-0.39, 0.29) is 29.9 Å². The predicted octanol–water partition coefficient (Wildman–Crippen LogP) is 4.66. The maximum atomic E-state index is 14.4. The number of piperidine rings is 1. The fourth-order valence-corrected chi connectivity index (χ4v) is 6.55. The molecule has 10 nitrogen and oxygen atoms in total. The average molecular weight is 660 g/mol. The van der Waals surface area contributed by atoms with Crippen LogP contribution in [-0.2, 0) is 29.4 Å². The zero-order valence-electron chi connectivity index (χ0n) is 26.8. The summed E-state index contributed by atoms with van der Waals surface area (Å²) in [6.45, 7) is 6.22. The van der Waals surface area contributed by atoms with Crippen molar-refractivity contribution in [3.05, 3.63) is 58.9 Å². The average Bonchev–Trinajstić information content (AvgIpc) is 3.02. The highest BCUT2D eigenvalue weighted by molar-refractivity contribution is 6.39. The monoisotopic (exact) mass is 659 g/mol. The Morgan fingerprint density at radius 3 is 2.38 bits per heavy atom. The number of benzene rings is 2. The zero-order valence-corrected chi connectivity index (χ0v) is 26.8. The van der Waals surface area contributed by atoms with Gasteiger partial charge in [0.2, 0.25) is 11.7 Å². The van der Waals surface area contributed by atoms with Gasteiger partial charge in [-0.3, -0.25) is 24.0 Å². The molecule has 0 radical (unpaired) electrons. The molecule has 1 saturated heterocycles. The van der Waals surface area contributed by atoms with Crippen LogP contribution in [0, 0.1) is 36.2 Å². The third-order valence-corrected chi connectivity index (χ3v) is 8.90. The van der Waals surface area contributed by atoms with Crippen LogP contribution in [0.1, 0.15) is 70.4 Å². The van der Waals surface area contributed by atoms with Gasteiger partial charge >= 0.3 is 17.8 Å². The molecule has 13 heteroatoms. The Bertz CT molecular complexity index is 1530. The lowest BCUT2D eigenvalue weighted by atomic mass is 9.71. The number of rotatable bonds is 9. The van der Waals surface area contributed by atoms with Gasteiger partial charge in [-0.05, 0) is 60.8 Å². The number of aliphatic carboxylic acids is 1. The van der Waals surface area contributed by atoms with E-state index in [1.807, 2.05) is 32.9 Å². The van der Waals surface area contributed by atoms with Gasteiger partial charge in [-0.1, -0.05) is 51.8 Å². The van der Waals surface area contributed by atoms with Crippen molar-refractivity contribution in [2.45, 2.75) is 83.7 Å². The minimum Gasteiger partial charge on any atom is -0.481 e. The molecule has 0 bridgehead atoms. The molecule has 3 N–H and O–H groups in total. The standard InChI is InChI=1S/C34H40F3N3O7/c1-18-15-22(35)29(37)30(28(18)36)47-17-26(41)24(16-27(42)43)39-31(44)20-13-14-40(25-12-8-5-9-19(20)25)33(46)32(45)38-23-11-7-6-10-21(23)34(2,3)4/h6-7,10-11,15,19-20,24-25H,5,8-9,12-14,16-17H2,1-4H3,(H,38,45)(H,39,44)(H,42,43)/t19?,20-,24-,25?/m0/s1. The summed E-state index contributed by atoms with van der Waals surface area (Å²) in [5.74, 6) is -10.9. The molecule has 2 aliphatic rings. The van der Waals surface area contributed by atoms with Crippen molar-refractivity contribution in [3.8, 4) is 5.75 Å². The van der Waals surface area contributed by atoms with Crippen LogP contribution in [0.5, 0.6) is 5.75 Å². The van der Waals surface area contributed by atoms with Gasteiger partial charge in [0.25, 0.3) is 0 Å². The Morgan fingerprint density at radius 2 is 1.70 bits per heavy atom. The Labute approximate surface area is 271 Å². The highest BCUT2D eigenvalue weighted by Crippen LogP contribution is 2.40. The van der Waals surface area contributed by atoms with Crippen molar-refractivity contribution in [1.29, 1.82) is 0 Å². The molecule has 2 fully saturated rings. The molecule has 3 amide bonds. The number of carboxylic acids is 1. The second kappa shape index (κ2) is 14.6. The molecule has 254 valence electrons. The number of nitrogens with one attached hydrogen (secondary N) is 2. The highest BCUT2D eigenvalue weighted by atomic mass is 19.2. The summed E-state index contributed by atoms with van der Waals surface area (Å²) in [6.07, 6.45) is 2.00. The Kier molecular flexibility index (Phi) is 11.0. The number of anilines is 1. The third kappa shape index (κ3) is 8.12. The fourth-order valence-electron chi connectivity index (χ4n) is 6.55. The first kappa shape index (κ1) is 35.4. The van der Waals surface area contributed by atoms with Crippen molar-refractivity contribution in [1.82, 2.24) is 10.2 Å². The topological polar surface area (TPSA) is 142 Å². The number of para-hydroxylation sites is 1. The van der Waals surface area contributed by atoms with E-state index in [1.165, 1.54) is 11.8 Å². The molecular formula is C34H40F3N3O7. The van der Waals surface area contributed by atoms with Crippen LogP contribution < -0.4 is 15.4 Å². The quantitative estimate of drug-likeness (QED) is 0.263. The molecule has 1 saturated carbocycles. The summed E-state index contributed by atoms with van der Waals surface area (Å²) in [7, 11) is 0. The maximum Gasteiger partial charge on any atom is 0.313 e. The number of hydrogen-bond acceptors (Lipinski definition) is 6. The lowest BCUT2D eigenvalue weighted by molar-refractivity contribution is -0.151. The van der Waals surface area contributed by atoms with Crippen LogP contribution in [0.25, 0.3) is 0 Å². The smallest absolute Gasteiger partial charge is 0.313 e. The van der Waals surface area contributed by atoms with E-state index in [4.69, 9.17) is 4.74 Å². The first-order chi connectivity index (χ1) is 22.1. The number of Topliss-reactive ketones (excluding diaryl/α,β-unsaturated/α-hetero) is 1. The summed E-state index contributed by atoms with van der Waals surface area (Å²) >= 11 is 0. The van der Waals surface area contributed by atoms with Crippen molar-refractivity contribution in [3.63, 3.8) is 0 Å². The molecule has 47 heavy (non-hydrogen) atoms. The number of ether oxygens (including phenoxy) is 1. The van der Waals surface area contributed by atoms with Crippen LogP contribution in [0.2, 0.25) is 0 Å². The number of carboxylic acid groups (broad SMARTS) is 1. The van der Waals surface area contributed by atoms with Crippen LogP contribution in [0.3, 0.4) is 0 Å². The van der Waals surface area contributed by atoms with Crippen molar-refractivity contribution >= 4 is 35.2 Å². The normalized spacial score (nSPS) is 20.1. The van der Waals surface area contributed by atoms with Crippen LogP contribution in [0.15, 0.2) is 30.3 Å². The van der Waals surface area contributed by atoms with Gasteiger partial charge in [0.15, 0.2) is 23.2 Å². The van der Waals surface area contributed by atoms with Crippen LogP contribution in [-0.4, -0.2) is 64.7 Å². The molecule has 2 aromatic carbocycles. The van der Waals surface area contributed by atoms with Crippen LogP contribution >= 0.6 is 0 Å². The van der Waals surface area contributed by atoms with E-state index in [1.54, 1.807) is 12.1 Å². The zero-order chi connectivity index (χ0) is 34.6. The maximum absolute atomic E-state index is 14.4. The number of aryl methyl sites for hydroxylation is 1. The Balaban J connectivity index is 1.45.